The van der Waals surface area contributed by atoms with Crippen LogP contribution in [0.1, 0.15) is 18.5 Å². The van der Waals surface area contributed by atoms with Gasteiger partial charge in [0.1, 0.15) is 18.7 Å². The number of anilines is 2. The molecule has 3 aromatic rings. The molecule has 2 aliphatic rings. The normalized spacial score (nSPS) is 21.9. The molecule has 3 atom stereocenters. The van der Waals surface area contributed by atoms with Crippen LogP contribution in [0.25, 0.3) is 0 Å². The Bertz CT molecular complexity index is 1200. The highest BCUT2D eigenvalue weighted by Gasteiger charge is 2.43. The first-order valence-electron chi connectivity index (χ1n) is 11.1. The van der Waals surface area contributed by atoms with Gasteiger partial charge in [-0.2, -0.15) is 22.5 Å². The van der Waals surface area contributed by atoms with Gasteiger partial charge >= 0.3 is 12.2 Å². The maximum absolute atomic E-state index is 14.0. The molecule has 13 heteroatoms. The Hall–Kier alpha value is -3.51. The van der Waals surface area contributed by atoms with Gasteiger partial charge in [0.2, 0.25) is 11.8 Å². The summed E-state index contributed by atoms with van der Waals surface area (Å²) in [6.07, 6.45) is -1.23. The minimum atomic E-state index is -4.62. The molecule has 2 bridgehead atoms. The van der Waals surface area contributed by atoms with Gasteiger partial charge < -0.3 is 15.0 Å². The molecule has 1 aromatic carbocycles. The summed E-state index contributed by atoms with van der Waals surface area (Å²) in [6, 6.07) is 4.43. The third-order valence-electron chi connectivity index (χ3n) is 6.33. The molecule has 1 aliphatic heterocycles. The summed E-state index contributed by atoms with van der Waals surface area (Å²) in [5.74, 6) is -1.92. The minimum Gasteiger partial charge on any atom is -0.421 e. The number of benzene rings is 1. The van der Waals surface area contributed by atoms with E-state index in [0.717, 1.165) is 36.5 Å². The lowest BCUT2D eigenvalue weighted by Crippen LogP contribution is -2.48. The van der Waals surface area contributed by atoms with E-state index in [4.69, 9.17) is 4.74 Å². The van der Waals surface area contributed by atoms with E-state index in [0.29, 0.717) is 17.8 Å². The van der Waals surface area contributed by atoms with Crippen LogP contribution in [-0.2, 0) is 6.54 Å². The number of ether oxygens (including phenoxy) is 1. The summed E-state index contributed by atoms with van der Waals surface area (Å²) >= 11 is 0. The number of aryl methyl sites for hydroxylation is 1. The minimum absolute atomic E-state index is 0.0605. The molecule has 1 saturated carbocycles. The Kier molecular flexibility index (Phi) is 5.93. The number of fused-ring (bicyclic) bond motifs is 2. The molecule has 0 amide bonds. The number of alkyl halides is 3. The van der Waals surface area contributed by atoms with Crippen molar-refractivity contribution in [2.45, 2.75) is 38.5 Å². The predicted octanol–water partition coefficient (Wildman–Crippen LogP) is 4.34. The molecule has 1 N–H and O–H groups in total. The van der Waals surface area contributed by atoms with E-state index < -0.39 is 36.1 Å². The third-order valence-corrected chi connectivity index (χ3v) is 6.33. The first kappa shape index (κ1) is 23.2. The number of rotatable bonds is 6. The standard InChI is InChI=1S/C22H22F5N7O/c1-12-7-17(29-11-28-12)33-8-13-5-6-14(9-33)19(13)30-20-31-21(34(32-20)10-22(25,26)27)35-16-4-2-3-15(23)18(16)24/h2-4,7,11,13-14,19H,5-6,8-10H2,1H3,(H,30,32)/t13-,14+,19?. The van der Waals surface area contributed by atoms with E-state index in [-0.39, 0.29) is 23.8 Å². The molecule has 8 nitrogen and oxygen atoms in total. The highest BCUT2D eigenvalue weighted by atomic mass is 19.4. The summed E-state index contributed by atoms with van der Waals surface area (Å²) in [6.45, 7) is 1.83. The average molecular weight is 495 g/mol. The van der Waals surface area contributed by atoms with Crippen LogP contribution >= 0.6 is 0 Å². The highest BCUT2D eigenvalue weighted by Crippen LogP contribution is 2.40. The molecule has 0 spiro atoms. The monoisotopic (exact) mass is 495 g/mol. The topological polar surface area (TPSA) is 81.0 Å². The predicted molar refractivity (Wildman–Crippen MR) is 115 cm³/mol. The van der Waals surface area contributed by atoms with Crippen molar-refractivity contribution in [3.8, 4) is 11.8 Å². The molecule has 35 heavy (non-hydrogen) atoms. The number of aromatic nitrogens is 5. The van der Waals surface area contributed by atoms with Crippen LogP contribution in [0.4, 0.5) is 33.7 Å². The maximum Gasteiger partial charge on any atom is 0.408 e. The third kappa shape index (κ3) is 4.98. The van der Waals surface area contributed by atoms with Gasteiger partial charge in [0.15, 0.2) is 11.6 Å². The van der Waals surface area contributed by atoms with E-state index in [1.54, 1.807) is 0 Å². The molecular weight excluding hydrogens is 473 g/mol. The van der Waals surface area contributed by atoms with Crippen LogP contribution in [0.5, 0.6) is 11.8 Å². The molecule has 0 radical (unpaired) electrons. The van der Waals surface area contributed by atoms with Gasteiger partial charge in [0.25, 0.3) is 0 Å². The molecule has 2 aromatic heterocycles. The van der Waals surface area contributed by atoms with Crippen molar-refractivity contribution in [2.24, 2.45) is 11.8 Å². The average Bonchev–Trinajstić information content (AvgIpc) is 3.24. The van der Waals surface area contributed by atoms with Crippen molar-refractivity contribution in [3.05, 3.63) is 47.9 Å². The molecule has 3 heterocycles. The van der Waals surface area contributed by atoms with Crippen molar-refractivity contribution in [2.75, 3.05) is 23.3 Å². The van der Waals surface area contributed by atoms with Crippen LogP contribution in [0.2, 0.25) is 0 Å². The van der Waals surface area contributed by atoms with Gasteiger partial charge in [-0.3, -0.25) is 0 Å². The van der Waals surface area contributed by atoms with E-state index in [2.05, 4.69) is 30.3 Å². The smallest absolute Gasteiger partial charge is 0.408 e. The first-order valence-corrected chi connectivity index (χ1v) is 11.1. The lowest BCUT2D eigenvalue weighted by Gasteiger charge is -2.38. The second kappa shape index (κ2) is 8.93. The van der Waals surface area contributed by atoms with Gasteiger partial charge in [-0.05, 0) is 43.7 Å². The molecule has 2 fully saturated rings. The number of halogens is 5. The van der Waals surface area contributed by atoms with Gasteiger partial charge in [0, 0.05) is 30.9 Å². The van der Waals surface area contributed by atoms with Gasteiger partial charge in [0.05, 0.1) is 0 Å². The summed E-state index contributed by atoms with van der Waals surface area (Å²) in [5.41, 5.74) is 0.865. The summed E-state index contributed by atoms with van der Waals surface area (Å²) in [7, 11) is 0. The van der Waals surface area contributed by atoms with Crippen LogP contribution in [0.3, 0.4) is 0 Å². The van der Waals surface area contributed by atoms with Gasteiger partial charge in [-0.1, -0.05) is 6.07 Å². The fourth-order valence-corrected chi connectivity index (χ4v) is 4.81. The van der Waals surface area contributed by atoms with Crippen molar-refractivity contribution in [1.82, 2.24) is 24.7 Å². The summed E-state index contributed by atoms with van der Waals surface area (Å²) in [4.78, 5) is 14.7. The lowest BCUT2D eigenvalue weighted by molar-refractivity contribution is -0.143. The number of nitrogens with one attached hydrogen (secondary N) is 1. The van der Waals surface area contributed by atoms with Crippen LogP contribution in [0, 0.1) is 30.4 Å². The van der Waals surface area contributed by atoms with Crippen LogP contribution in [-0.4, -0.2) is 50.0 Å². The Morgan fingerprint density at radius 3 is 2.54 bits per heavy atom. The number of hydrogen-bond donors (Lipinski definition) is 1. The molecule has 1 aliphatic carbocycles. The molecular formula is C22H22F5N7O. The quantitative estimate of drug-likeness (QED) is 0.510. The first-order chi connectivity index (χ1) is 16.7. The maximum atomic E-state index is 14.0. The highest BCUT2D eigenvalue weighted by molar-refractivity contribution is 5.42. The van der Waals surface area contributed by atoms with E-state index in [1.165, 1.54) is 12.4 Å². The summed E-state index contributed by atoms with van der Waals surface area (Å²) in [5, 5.41) is 7.09. The van der Waals surface area contributed by atoms with Crippen molar-refractivity contribution in [3.63, 3.8) is 0 Å². The zero-order valence-corrected chi connectivity index (χ0v) is 18.6. The van der Waals surface area contributed by atoms with Crippen LogP contribution < -0.4 is 15.0 Å². The SMILES string of the molecule is Cc1cc(N2C[C@H]3CC[C@@H](C2)C3Nc2nc(Oc3cccc(F)c3F)n(CC(F)(F)F)n2)ncn1. The van der Waals surface area contributed by atoms with E-state index in [1.807, 2.05) is 13.0 Å². The van der Waals surface area contributed by atoms with Gasteiger partial charge in [-0.25, -0.2) is 19.0 Å². The van der Waals surface area contributed by atoms with Gasteiger partial charge in [-0.15, -0.1) is 5.10 Å². The van der Waals surface area contributed by atoms with Crippen molar-refractivity contribution >= 4 is 11.8 Å². The number of piperidine rings is 1. The zero-order chi connectivity index (χ0) is 24.7. The molecule has 5 rings (SSSR count). The van der Waals surface area contributed by atoms with Crippen LogP contribution in [0.15, 0.2) is 30.6 Å². The second-order valence-electron chi connectivity index (χ2n) is 8.84. The van der Waals surface area contributed by atoms with E-state index in [9.17, 15) is 22.0 Å². The lowest BCUT2D eigenvalue weighted by atomic mass is 9.92. The Labute approximate surface area is 197 Å². The molecule has 1 saturated heterocycles. The Morgan fingerprint density at radius 1 is 1.11 bits per heavy atom. The Balaban J connectivity index is 1.36. The van der Waals surface area contributed by atoms with E-state index >= 15 is 0 Å². The molecule has 1 unspecified atom stereocenters. The van der Waals surface area contributed by atoms with Crippen molar-refractivity contribution in [1.29, 1.82) is 0 Å². The fraction of sp³-hybridized carbons (Fsp3) is 0.455. The number of hydrogen-bond acceptors (Lipinski definition) is 7. The number of nitrogens with zero attached hydrogens (tertiary/aromatic N) is 6. The Morgan fingerprint density at radius 2 is 1.86 bits per heavy atom. The summed E-state index contributed by atoms with van der Waals surface area (Å²) < 4.78 is 72.6. The molecule has 186 valence electrons. The fourth-order valence-electron chi connectivity index (χ4n) is 4.81. The van der Waals surface area contributed by atoms with Crippen molar-refractivity contribution < 1.29 is 26.7 Å². The largest absolute Gasteiger partial charge is 0.421 e. The second-order valence-corrected chi connectivity index (χ2v) is 8.84. The zero-order valence-electron chi connectivity index (χ0n) is 18.6.